The van der Waals surface area contributed by atoms with Crippen molar-refractivity contribution < 1.29 is 14.3 Å². The van der Waals surface area contributed by atoms with E-state index in [1.54, 1.807) is 16.7 Å². The summed E-state index contributed by atoms with van der Waals surface area (Å²) in [4.78, 5) is 30.5. The number of carbonyl (C=O) groups excluding carboxylic acids is 2. The molecule has 1 aromatic heterocycles. The van der Waals surface area contributed by atoms with Gasteiger partial charge in [0, 0.05) is 25.5 Å². The van der Waals surface area contributed by atoms with Crippen LogP contribution < -0.4 is 10.2 Å². The van der Waals surface area contributed by atoms with Crippen molar-refractivity contribution in [2.24, 2.45) is 0 Å². The lowest BCUT2D eigenvalue weighted by Gasteiger charge is -2.13. The maximum atomic E-state index is 12.1. The maximum absolute atomic E-state index is 12.1. The molecule has 7 nitrogen and oxygen atoms in total. The fourth-order valence-corrected chi connectivity index (χ4v) is 2.76. The van der Waals surface area contributed by atoms with Crippen molar-refractivity contribution in [3.63, 3.8) is 0 Å². The Bertz CT molecular complexity index is 961. The quantitative estimate of drug-likeness (QED) is 0.679. The lowest BCUT2D eigenvalue weighted by atomic mass is 10.2. The van der Waals surface area contributed by atoms with E-state index in [1.165, 1.54) is 0 Å². The summed E-state index contributed by atoms with van der Waals surface area (Å²) in [5.74, 6) is -0.147. The van der Waals surface area contributed by atoms with Crippen molar-refractivity contribution in [2.45, 2.75) is 13.5 Å². The van der Waals surface area contributed by atoms with Gasteiger partial charge in [0.15, 0.2) is 6.61 Å². The van der Waals surface area contributed by atoms with Crippen LogP contribution in [0.3, 0.4) is 0 Å². The molecule has 1 heterocycles. The number of nitrogens with zero attached hydrogens (tertiary/aromatic N) is 3. The zero-order valence-electron chi connectivity index (χ0n) is 15.6. The molecule has 0 saturated heterocycles. The Kier molecular flexibility index (Phi) is 5.40. The minimum Gasteiger partial charge on any atom is -0.454 e. The van der Waals surface area contributed by atoms with Crippen LogP contribution in [0.1, 0.15) is 5.82 Å². The summed E-state index contributed by atoms with van der Waals surface area (Å²) in [6, 6.07) is 15.0. The molecule has 0 atom stereocenters. The number of hydrogen-bond acceptors (Lipinski definition) is 5. The van der Waals surface area contributed by atoms with Gasteiger partial charge in [-0.3, -0.25) is 9.59 Å². The molecule has 3 rings (SSSR count). The fourth-order valence-electron chi connectivity index (χ4n) is 2.76. The van der Waals surface area contributed by atoms with E-state index in [0.29, 0.717) is 5.69 Å². The van der Waals surface area contributed by atoms with Crippen molar-refractivity contribution in [3.8, 4) is 0 Å². The van der Waals surface area contributed by atoms with Crippen LogP contribution in [-0.4, -0.2) is 42.1 Å². The Morgan fingerprint density at radius 2 is 1.81 bits per heavy atom. The first-order chi connectivity index (χ1) is 12.9. The second-order valence-electron chi connectivity index (χ2n) is 6.38. The zero-order chi connectivity index (χ0) is 19.4. The second-order valence-corrected chi connectivity index (χ2v) is 6.38. The Balaban J connectivity index is 1.54. The maximum Gasteiger partial charge on any atom is 0.326 e. The minimum absolute atomic E-state index is 0.0111. The van der Waals surface area contributed by atoms with E-state index in [0.717, 1.165) is 22.5 Å². The van der Waals surface area contributed by atoms with Crippen LogP contribution in [0.4, 0.5) is 11.4 Å². The monoisotopic (exact) mass is 366 g/mol. The summed E-state index contributed by atoms with van der Waals surface area (Å²) < 4.78 is 6.88. The van der Waals surface area contributed by atoms with E-state index < -0.39 is 5.97 Å². The number of rotatable bonds is 6. The first kappa shape index (κ1) is 18.4. The number of aryl methyl sites for hydroxylation is 1. The Hall–Kier alpha value is -3.35. The summed E-state index contributed by atoms with van der Waals surface area (Å²) >= 11 is 0. The molecule has 27 heavy (non-hydrogen) atoms. The SMILES string of the molecule is Cc1nc2ccccc2n1CC(=O)OCC(=O)Nc1ccc(N(C)C)cc1. The minimum atomic E-state index is -0.487. The standard InChI is InChI=1S/C20H22N4O3/c1-14-21-17-6-4-5-7-18(17)24(14)12-20(26)27-13-19(25)22-15-8-10-16(11-9-15)23(2)3/h4-11H,12-13H2,1-3H3,(H,22,25). The van der Waals surface area contributed by atoms with Crippen LogP contribution in [-0.2, 0) is 20.9 Å². The number of aromatic nitrogens is 2. The number of anilines is 2. The molecular weight excluding hydrogens is 344 g/mol. The number of esters is 1. The van der Waals surface area contributed by atoms with Gasteiger partial charge in [-0.25, -0.2) is 4.98 Å². The molecular formula is C20H22N4O3. The van der Waals surface area contributed by atoms with Gasteiger partial charge < -0.3 is 19.5 Å². The number of nitrogens with one attached hydrogen (secondary N) is 1. The lowest BCUT2D eigenvalue weighted by molar-refractivity contribution is -0.147. The van der Waals surface area contributed by atoms with Crippen LogP contribution >= 0.6 is 0 Å². The molecule has 140 valence electrons. The van der Waals surface area contributed by atoms with Gasteiger partial charge >= 0.3 is 5.97 Å². The number of para-hydroxylation sites is 2. The number of ether oxygens (including phenoxy) is 1. The van der Waals surface area contributed by atoms with Crippen LogP contribution in [0.25, 0.3) is 11.0 Å². The number of imidazole rings is 1. The highest BCUT2D eigenvalue weighted by Gasteiger charge is 2.13. The number of hydrogen-bond donors (Lipinski definition) is 1. The normalized spacial score (nSPS) is 10.6. The van der Waals surface area contributed by atoms with Crippen LogP contribution in [0.2, 0.25) is 0 Å². The van der Waals surface area contributed by atoms with E-state index in [1.807, 2.05) is 62.3 Å². The lowest BCUT2D eigenvalue weighted by Crippen LogP contribution is -2.23. The molecule has 2 aromatic carbocycles. The van der Waals surface area contributed by atoms with Crippen LogP contribution in [0.15, 0.2) is 48.5 Å². The predicted molar refractivity (Wildman–Crippen MR) is 105 cm³/mol. The van der Waals surface area contributed by atoms with Crippen molar-refractivity contribution >= 4 is 34.3 Å². The van der Waals surface area contributed by atoms with Gasteiger partial charge in [0.1, 0.15) is 12.4 Å². The number of benzene rings is 2. The van der Waals surface area contributed by atoms with E-state index >= 15 is 0 Å². The topological polar surface area (TPSA) is 76.5 Å². The summed E-state index contributed by atoms with van der Waals surface area (Å²) in [6.07, 6.45) is 0. The molecule has 0 aliphatic heterocycles. The number of carbonyl (C=O) groups is 2. The summed E-state index contributed by atoms with van der Waals surface area (Å²) in [7, 11) is 3.89. The van der Waals surface area contributed by atoms with E-state index in [9.17, 15) is 9.59 Å². The summed E-state index contributed by atoms with van der Waals surface area (Å²) in [5, 5.41) is 2.71. The van der Waals surface area contributed by atoms with Crippen LogP contribution in [0.5, 0.6) is 0 Å². The molecule has 0 saturated carbocycles. The summed E-state index contributed by atoms with van der Waals surface area (Å²) in [6.45, 7) is 1.51. The third kappa shape index (κ3) is 4.44. The average Bonchev–Trinajstić information content (AvgIpc) is 2.96. The molecule has 0 fully saturated rings. The second kappa shape index (κ2) is 7.90. The highest BCUT2D eigenvalue weighted by Crippen LogP contribution is 2.16. The molecule has 0 bridgehead atoms. The van der Waals surface area contributed by atoms with E-state index in [2.05, 4.69) is 10.3 Å². The molecule has 7 heteroatoms. The molecule has 0 aliphatic carbocycles. The number of fused-ring (bicyclic) bond motifs is 1. The smallest absolute Gasteiger partial charge is 0.326 e. The summed E-state index contributed by atoms with van der Waals surface area (Å²) in [5.41, 5.74) is 3.36. The first-order valence-electron chi connectivity index (χ1n) is 8.59. The Morgan fingerprint density at radius 1 is 1.11 bits per heavy atom. The van der Waals surface area contributed by atoms with Gasteiger partial charge in [-0.1, -0.05) is 12.1 Å². The highest BCUT2D eigenvalue weighted by atomic mass is 16.5. The third-order valence-corrected chi connectivity index (χ3v) is 4.16. The average molecular weight is 366 g/mol. The molecule has 0 aliphatic rings. The first-order valence-corrected chi connectivity index (χ1v) is 8.59. The third-order valence-electron chi connectivity index (χ3n) is 4.16. The molecule has 1 amide bonds. The molecule has 1 N–H and O–H groups in total. The van der Waals surface area contributed by atoms with Gasteiger partial charge in [-0.2, -0.15) is 0 Å². The predicted octanol–water partition coefficient (Wildman–Crippen LogP) is 2.59. The van der Waals surface area contributed by atoms with Crippen molar-refractivity contribution in [1.29, 1.82) is 0 Å². The van der Waals surface area contributed by atoms with Gasteiger partial charge in [-0.05, 0) is 43.3 Å². The van der Waals surface area contributed by atoms with Gasteiger partial charge in [0.2, 0.25) is 0 Å². The molecule has 0 radical (unpaired) electrons. The molecule has 0 unspecified atom stereocenters. The molecule has 3 aromatic rings. The Labute approximate surface area is 157 Å². The fraction of sp³-hybridized carbons (Fsp3) is 0.250. The van der Waals surface area contributed by atoms with Gasteiger partial charge in [0.05, 0.1) is 11.0 Å². The van der Waals surface area contributed by atoms with Crippen molar-refractivity contribution in [3.05, 3.63) is 54.4 Å². The molecule has 0 spiro atoms. The van der Waals surface area contributed by atoms with Gasteiger partial charge in [-0.15, -0.1) is 0 Å². The van der Waals surface area contributed by atoms with Crippen molar-refractivity contribution in [1.82, 2.24) is 9.55 Å². The van der Waals surface area contributed by atoms with Gasteiger partial charge in [0.25, 0.3) is 5.91 Å². The van der Waals surface area contributed by atoms with Crippen molar-refractivity contribution in [2.75, 3.05) is 30.9 Å². The van der Waals surface area contributed by atoms with E-state index in [-0.39, 0.29) is 19.1 Å². The Morgan fingerprint density at radius 3 is 2.52 bits per heavy atom. The largest absolute Gasteiger partial charge is 0.454 e. The number of amides is 1. The van der Waals surface area contributed by atoms with Crippen LogP contribution in [0, 0.1) is 6.92 Å². The van der Waals surface area contributed by atoms with E-state index in [4.69, 9.17) is 4.74 Å². The zero-order valence-corrected chi connectivity index (χ0v) is 15.6. The highest BCUT2D eigenvalue weighted by molar-refractivity contribution is 5.93.